The number of hydrogen-bond donors (Lipinski definition) is 2. The molecule has 224 valence electrons. The average molecular weight is 537 g/mol. The summed E-state index contributed by atoms with van der Waals surface area (Å²) in [6, 6.07) is 0. The van der Waals surface area contributed by atoms with E-state index in [0.29, 0.717) is 6.42 Å². The highest BCUT2D eigenvalue weighted by atomic mass is 16.4. The van der Waals surface area contributed by atoms with Crippen molar-refractivity contribution in [1.29, 1.82) is 0 Å². The second kappa shape index (κ2) is 35.4. The van der Waals surface area contributed by atoms with Crippen LogP contribution < -0.4 is 0 Å². The van der Waals surface area contributed by atoms with E-state index in [1.807, 2.05) is 0 Å². The predicted octanol–water partition coefficient (Wildman–Crippen LogP) is 11.4. The van der Waals surface area contributed by atoms with Crippen LogP contribution in [0.4, 0.5) is 0 Å². The largest absolute Gasteiger partial charge is 0.481 e. The molecule has 0 saturated heterocycles. The van der Waals surface area contributed by atoms with E-state index in [1.54, 1.807) is 6.08 Å². The Labute approximate surface area is 236 Å². The first-order valence-electron chi connectivity index (χ1n) is 16.3. The quantitative estimate of drug-likeness (QED) is 0.0592. The maximum absolute atomic E-state index is 10.3. The molecule has 0 rings (SSSR count). The summed E-state index contributed by atoms with van der Waals surface area (Å²) in [4.78, 5) is 20.5. The highest BCUT2D eigenvalue weighted by Crippen LogP contribution is 2.13. The van der Waals surface area contributed by atoms with Gasteiger partial charge in [-0.3, -0.25) is 4.79 Å². The minimum atomic E-state index is -0.834. The fourth-order valence-corrected chi connectivity index (χ4v) is 4.46. The third-order valence-electron chi connectivity index (χ3n) is 6.89. The van der Waals surface area contributed by atoms with Crippen molar-refractivity contribution in [1.82, 2.24) is 0 Å². The van der Waals surface area contributed by atoms with Crippen molar-refractivity contribution in [2.45, 2.75) is 181 Å². The van der Waals surface area contributed by atoms with E-state index in [2.05, 4.69) is 26.0 Å². The van der Waals surface area contributed by atoms with Crippen LogP contribution in [0, 0.1) is 0 Å². The molecular formula is C34H64O4. The Hall–Kier alpha value is -1.58. The SMILES string of the molecule is CCCCCCC=CCCCCCCCC(=O)O.CCCCCCCCCCCCCCCC=CC(=O)O. The zero-order chi connectivity index (χ0) is 28.4. The van der Waals surface area contributed by atoms with E-state index in [0.717, 1.165) is 25.7 Å². The summed E-state index contributed by atoms with van der Waals surface area (Å²) in [5, 5.41) is 16.9. The van der Waals surface area contributed by atoms with Gasteiger partial charge in [-0.05, 0) is 44.9 Å². The number of carboxylic acids is 2. The Morgan fingerprint density at radius 3 is 1.13 bits per heavy atom. The van der Waals surface area contributed by atoms with Gasteiger partial charge in [0.2, 0.25) is 0 Å². The topological polar surface area (TPSA) is 74.6 Å². The molecule has 0 aliphatic carbocycles. The van der Waals surface area contributed by atoms with Crippen LogP contribution in [0.25, 0.3) is 0 Å². The number of rotatable bonds is 28. The van der Waals surface area contributed by atoms with Crippen LogP contribution in [0.1, 0.15) is 181 Å². The number of allylic oxidation sites excluding steroid dienone is 3. The molecule has 0 aliphatic rings. The van der Waals surface area contributed by atoms with E-state index < -0.39 is 11.9 Å². The molecule has 38 heavy (non-hydrogen) atoms. The summed E-state index contributed by atoms with van der Waals surface area (Å²) >= 11 is 0. The molecule has 0 fully saturated rings. The predicted molar refractivity (Wildman–Crippen MR) is 165 cm³/mol. The molecule has 0 bridgehead atoms. The summed E-state index contributed by atoms with van der Waals surface area (Å²) in [6.45, 7) is 4.51. The maximum atomic E-state index is 10.3. The van der Waals surface area contributed by atoms with Gasteiger partial charge < -0.3 is 10.2 Å². The number of carboxylic acid groups (broad SMARTS) is 2. The number of aliphatic carboxylic acids is 2. The lowest BCUT2D eigenvalue weighted by Crippen LogP contribution is -1.93. The lowest BCUT2D eigenvalue weighted by molar-refractivity contribution is -0.137. The molecular weight excluding hydrogens is 472 g/mol. The number of carbonyl (C=O) groups is 2. The molecule has 0 aromatic rings. The van der Waals surface area contributed by atoms with Crippen LogP contribution in [0.5, 0.6) is 0 Å². The van der Waals surface area contributed by atoms with Crippen molar-refractivity contribution in [2.75, 3.05) is 0 Å². The van der Waals surface area contributed by atoms with Crippen molar-refractivity contribution in [3.05, 3.63) is 24.3 Å². The van der Waals surface area contributed by atoms with Crippen molar-refractivity contribution in [3.63, 3.8) is 0 Å². The van der Waals surface area contributed by atoms with E-state index >= 15 is 0 Å². The zero-order valence-electron chi connectivity index (χ0n) is 25.4. The molecule has 4 heteroatoms. The third kappa shape index (κ3) is 41.5. The minimum Gasteiger partial charge on any atom is -0.481 e. The third-order valence-corrected chi connectivity index (χ3v) is 6.89. The van der Waals surface area contributed by atoms with E-state index in [9.17, 15) is 9.59 Å². The summed E-state index contributed by atoms with van der Waals surface area (Å²) in [5.41, 5.74) is 0. The molecule has 0 spiro atoms. The smallest absolute Gasteiger partial charge is 0.327 e. The molecule has 0 unspecified atom stereocenters. The molecule has 0 radical (unpaired) electrons. The lowest BCUT2D eigenvalue weighted by Gasteiger charge is -2.02. The average Bonchev–Trinajstić information content (AvgIpc) is 2.89. The Bertz CT molecular complexity index is 539. The second-order valence-corrected chi connectivity index (χ2v) is 10.8. The summed E-state index contributed by atoms with van der Waals surface area (Å²) in [7, 11) is 0. The van der Waals surface area contributed by atoms with Gasteiger partial charge in [0.25, 0.3) is 0 Å². The molecule has 0 amide bonds. The van der Waals surface area contributed by atoms with Gasteiger partial charge in [0.1, 0.15) is 0 Å². The fraction of sp³-hybridized carbons (Fsp3) is 0.824. The van der Waals surface area contributed by atoms with Crippen LogP contribution in [-0.2, 0) is 9.59 Å². The molecule has 0 aromatic carbocycles. The standard InChI is InChI=1S/C18H34O2.C16H30O2/c1-2-3-4-5-6-7-8-9-10-11-12-13-14-15-16-17-18(19)20;1-2-3-4-5-6-7-8-9-10-11-12-13-14-15-16(17)18/h16-17H,2-15H2,1H3,(H,19,20);7-8H,2-6,9-15H2,1H3,(H,17,18). The van der Waals surface area contributed by atoms with Crippen LogP contribution in [-0.4, -0.2) is 22.2 Å². The molecule has 0 saturated carbocycles. The molecule has 0 aliphatic heterocycles. The molecule has 0 atom stereocenters. The van der Waals surface area contributed by atoms with Gasteiger partial charge in [-0.1, -0.05) is 148 Å². The normalized spacial score (nSPS) is 11.2. The first kappa shape index (κ1) is 38.6. The molecule has 0 aromatic heterocycles. The summed E-state index contributed by atoms with van der Waals surface area (Å²) < 4.78 is 0. The van der Waals surface area contributed by atoms with Crippen molar-refractivity contribution < 1.29 is 19.8 Å². The van der Waals surface area contributed by atoms with Gasteiger partial charge in [-0.25, -0.2) is 4.79 Å². The van der Waals surface area contributed by atoms with E-state index in [1.165, 1.54) is 141 Å². The molecule has 2 N–H and O–H groups in total. The zero-order valence-corrected chi connectivity index (χ0v) is 25.4. The summed E-state index contributed by atoms with van der Waals surface area (Å²) in [6.07, 6.45) is 39.9. The van der Waals surface area contributed by atoms with Gasteiger partial charge in [0, 0.05) is 12.5 Å². The number of hydrogen-bond acceptors (Lipinski definition) is 2. The van der Waals surface area contributed by atoms with Gasteiger partial charge >= 0.3 is 11.9 Å². The van der Waals surface area contributed by atoms with E-state index in [4.69, 9.17) is 10.2 Å². The van der Waals surface area contributed by atoms with Crippen molar-refractivity contribution in [2.24, 2.45) is 0 Å². The van der Waals surface area contributed by atoms with Crippen LogP contribution >= 0.6 is 0 Å². The van der Waals surface area contributed by atoms with Crippen LogP contribution in [0.15, 0.2) is 24.3 Å². The minimum absolute atomic E-state index is 0.331. The van der Waals surface area contributed by atoms with Gasteiger partial charge in [0.15, 0.2) is 0 Å². The fourth-order valence-electron chi connectivity index (χ4n) is 4.46. The Kier molecular flexibility index (Phi) is 35.9. The van der Waals surface area contributed by atoms with Crippen LogP contribution in [0.2, 0.25) is 0 Å². The Morgan fingerprint density at radius 2 is 0.763 bits per heavy atom. The lowest BCUT2D eigenvalue weighted by atomic mass is 10.0. The van der Waals surface area contributed by atoms with Crippen molar-refractivity contribution in [3.8, 4) is 0 Å². The van der Waals surface area contributed by atoms with Gasteiger partial charge in [-0.2, -0.15) is 0 Å². The van der Waals surface area contributed by atoms with Gasteiger partial charge in [-0.15, -0.1) is 0 Å². The van der Waals surface area contributed by atoms with Gasteiger partial charge in [0.05, 0.1) is 0 Å². The monoisotopic (exact) mass is 536 g/mol. The summed E-state index contributed by atoms with van der Waals surface area (Å²) in [5.74, 6) is -1.50. The van der Waals surface area contributed by atoms with Crippen LogP contribution in [0.3, 0.4) is 0 Å². The van der Waals surface area contributed by atoms with E-state index in [-0.39, 0.29) is 0 Å². The maximum Gasteiger partial charge on any atom is 0.327 e. The first-order valence-corrected chi connectivity index (χ1v) is 16.3. The Morgan fingerprint density at radius 1 is 0.447 bits per heavy atom. The number of unbranched alkanes of at least 4 members (excludes halogenated alkanes) is 22. The first-order chi connectivity index (χ1) is 18.5. The molecule has 0 heterocycles. The highest BCUT2D eigenvalue weighted by Gasteiger charge is 1.96. The molecule has 4 nitrogen and oxygen atoms in total. The van der Waals surface area contributed by atoms with Crippen molar-refractivity contribution >= 4 is 11.9 Å². The second-order valence-electron chi connectivity index (χ2n) is 10.8. The highest BCUT2D eigenvalue weighted by molar-refractivity contribution is 5.79. The Balaban J connectivity index is 0.